The van der Waals surface area contributed by atoms with Gasteiger partial charge in [0.05, 0.1) is 0 Å². The average molecular weight is 169 g/mol. The van der Waals surface area contributed by atoms with E-state index in [9.17, 15) is 4.79 Å². The molecule has 0 aromatic heterocycles. The van der Waals surface area contributed by atoms with E-state index in [0.717, 1.165) is 19.5 Å². The van der Waals surface area contributed by atoms with Crippen LogP contribution in [0.2, 0.25) is 0 Å². The summed E-state index contributed by atoms with van der Waals surface area (Å²) in [4.78, 5) is 11.1. The van der Waals surface area contributed by atoms with Crippen LogP contribution in [0.25, 0.3) is 0 Å². The van der Waals surface area contributed by atoms with Crippen LogP contribution in [0.5, 0.6) is 0 Å². The molecule has 0 radical (unpaired) electrons. The van der Waals surface area contributed by atoms with Crippen molar-refractivity contribution in [2.45, 2.75) is 20.3 Å². The number of amides is 2. The molecule has 0 saturated carbocycles. The van der Waals surface area contributed by atoms with E-state index in [1.807, 2.05) is 13.8 Å². The van der Waals surface area contributed by atoms with Crippen LogP contribution < -0.4 is 5.32 Å². The molecular weight excluding hydrogens is 154 g/mol. The molecule has 0 bridgehead atoms. The monoisotopic (exact) mass is 169 g/mol. The van der Waals surface area contributed by atoms with Crippen LogP contribution in [-0.4, -0.2) is 30.3 Å². The van der Waals surface area contributed by atoms with Crippen molar-refractivity contribution in [1.82, 2.24) is 10.3 Å². The molecule has 1 rings (SSSR count). The van der Waals surface area contributed by atoms with E-state index in [2.05, 4.69) is 10.4 Å². The summed E-state index contributed by atoms with van der Waals surface area (Å²) in [6.07, 6.45) is 2.76. The molecule has 12 heavy (non-hydrogen) atoms. The zero-order valence-corrected chi connectivity index (χ0v) is 7.58. The van der Waals surface area contributed by atoms with Crippen molar-refractivity contribution in [1.29, 1.82) is 0 Å². The van der Waals surface area contributed by atoms with Crippen LogP contribution in [0.15, 0.2) is 5.10 Å². The number of nitrogens with zero attached hydrogens (tertiary/aromatic N) is 2. The summed E-state index contributed by atoms with van der Waals surface area (Å²) < 4.78 is 0. The molecule has 0 aliphatic carbocycles. The van der Waals surface area contributed by atoms with Gasteiger partial charge in [-0.1, -0.05) is 13.8 Å². The molecule has 2 amide bonds. The van der Waals surface area contributed by atoms with E-state index in [1.54, 1.807) is 6.21 Å². The van der Waals surface area contributed by atoms with Gasteiger partial charge in [0.25, 0.3) is 0 Å². The Hall–Kier alpha value is -1.06. The Kier molecular flexibility index (Phi) is 3.08. The quantitative estimate of drug-likeness (QED) is 0.617. The van der Waals surface area contributed by atoms with E-state index in [0.29, 0.717) is 5.92 Å². The molecule has 4 nitrogen and oxygen atoms in total. The number of carbonyl (C=O) groups excluding carboxylic acids is 1. The largest absolute Gasteiger partial charge is 0.337 e. The zero-order valence-electron chi connectivity index (χ0n) is 7.58. The van der Waals surface area contributed by atoms with Crippen LogP contribution in [0.1, 0.15) is 20.3 Å². The molecular formula is C8H15N3O. The van der Waals surface area contributed by atoms with Crippen LogP contribution in [0, 0.1) is 5.92 Å². The summed E-state index contributed by atoms with van der Waals surface area (Å²) in [6.45, 7) is 5.57. The molecule has 1 N–H and O–H groups in total. The maximum absolute atomic E-state index is 11.1. The van der Waals surface area contributed by atoms with Crippen LogP contribution in [0.4, 0.5) is 4.79 Å². The van der Waals surface area contributed by atoms with Gasteiger partial charge < -0.3 is 5.32 Å². The van der Waals surface area contributed by atoms with Crippen molar-refractivity contribution < 1.29 is 4.79 Å². The van der Waals surface area contributed by atoms with Crippen LogP contribution in [-0.2, 0) is 0 Å². The summed E-state index contributed by atoms with van der Waals surface area (Å²) in [5, 5.41) is 8.26. The van der Waals surface area contributed by atoms with Crippen molar-refractivity contribution in [2.75, 3.05) is 13.1 Å². The van der Waals surface area contributed by atoms with Gasteiger partial charge in [0.2, 0.25) is 0 Å². The van der Waals surface area contributed by atoms with Gasteiger partial charge in [-0.05, 0) is 12.3 Å². The second kappa shape index (κ2) is 4.09. The third-order valence-electron chi connectivity index (χ3n) is 1.56. The number of hydrogen-bond donors (Lipinski definition) is 1. The molecule has 68 valence electrons. The predicted molar refractivity (Wildman–Crippen MR) is 48.1 cm³/mol. The third-order valence-corrected chi connectivity index (χ3v) is 1.56. The Labute approximate surface area is 72.6 Å². The van der Waals surface area contributed by atoms with E-state index >= 15 is 0 Å². The Morgan fingerprint density at radius 3 is 3.00 bits per heavy atom. The number of rotatable bonds is 2. The number of urea groups is 1. The number of carbonyl (C=O) groups is 1. The van der Waals surface area contributed by atoms with E-state index < -0.39 is 0 Å². The summed E-state index contributed by atoms with van der Waals surface area (Å²) >= 11 is 0. The number of hydrazone groups is 1. The fourth-order valence-corrected chi connectivity index (χ4v) is 0.941. The Morgan fingerprint density at radius 2 is 2.42 bits per heavy atom. The summed E-state index contributed by atoms with van der Waals surface area (Å²) in [6, 6.07) is -0.0850. The highest BCUT2D eigenvalue weighted by Crippen LogP contribution is 1.99. The fourth-order valence-electron chi connectivity index (χ4n) is 0.941. The molecule has 1 aliphatic rings. The van der Waals surface area contributed by atoms with Crippen molar-refractivity contribution >= 4 is 12.2 Å². The summed E-state index contributed by atoms with van der Waals surface area (Å²) in [5.74, 6) is 0.389. The van der Waals surface area contributed by atoms with Gasteiger partial charge in [0.1, 0.15) is 0 Å². The van der Waals surface area contributed by atoms with Gasteiger partial charge in [-0.2, -0.15) is 5.10 Å². The van der Waals surface area contributed by atoms with Crippen molar-refractivity contribution in [3.8, 4) is 0 Å². The van der Waals surface area contributed by atoms with Gasteiger partial charge in [0, 0.05) is 19.3 Å². The maximum Gasteiger partial charge on any atom is 0.337 e. The van der Waals surface area contributed by atoms with Gasteiger partial charge in [-0.25, -0.2) is 9.80 Å². The molecule has 0 atom stereocenters. The van der Waals surface area contributed by atoms with Gasteiger partial charge in [0.15, 0.2) is 0 Å². The molecule has 1 fully saturated rings. The molecule has 0 unspecified atom stereocenters. The molecule has 0 aromatic carbocycles. The van der Waals surface area contributed by atoms with Crippen molar-refractivity contribution in [3.63, 3.8) is 0 Å². The molecule has 1 saturated heterocycles. The second-order valence-electron chi connectivity index (χ2n) is 3.22. The Morgan fingerprint density at radius 1 is 1.67 bits per heavy atom. The van der Waals surface area contributed by atoms with E-state index in [4.69, 9.17) is 0 Å². The molecule has 1 heterocycles. The maximum atomic E-state index is 11.1. The minimum absolute atomic E-state index is 0.0850. The van der Waals surface area contributed by atoms with Gasteiger partial charge in [-0.3, -0.25) is 0 Å². The Balaban J connectivity index is 2.44. The zero-order chi connectivity index (χ0) is 8.97. The predicted octanol–water partition coefficient (Wildman–Crippen LogP) is 1.04. The smallest absolute Gasteiger partial charge is 0.336 e. The lowest BCUT2D eigenvalue weighted by molar-refractivity contribution is 0.189. The summed E-state index contributed by atoms with van der Waals surface area (Å²) in [5.41, 5.74) is 0. The van der Waals surface area contributed by atoms with Crippen molar-refractivity contribution in [2.24, 2.45) is 11.0 Å². The molecule has 0 spiro atoms. The average Bonchev–Trinajstić information content (AvgIpc) is 2.03. The second-order valence-corrected chi connectivity index (χ2v) is 3.22. The number of nitrogens with one attached hydrogen (secondary N) is 1. The third kappa shape index (κ3) is 2.53. The highest BCUT2D eigenvalue weighted by molar-refractivity contribution is 5.75. The first kappa shape index (κ1) is 9.03. The first-order valence-corrected chi connectivity index (χ1v) is 4.29. The minimum atomic E-state index is -0.0850. The van der Waals surface area contributed by atoms with Gasteiger partial charge in [-0.15, -0.1) is 0 Å². The van der Waals surface area contributed by atoms with Crippen LogP contribution in [0.3, 0.4) is 0 Å². The number of hydrogen-bond acceptors (Lipinski definition) is 2. The fraction of sp³-hybridized carbons (Fsp3) is 0.750. The lowest BCUT2D eigenvalue weighted by Crippen LogP contribution is -2.43. The lowest BCUT2D eigenvalue weighted by atomic mass is 10.3. The standard InChI is InChI=1S/C8H15N3O/c1-7(2)6-10-11-5-3-4-9-8(11)12/h6-7H,3-5H2,1-2H3,(H,9,12)/b10-6+. The highest BCUT2D eigenvalue weighted by Gasteiger charge is 2.15. The normalized spacial score (nSPS) is 18.9. The highest BCUT2D eigenvalue weighted by atomic mass is 16.2. The first-order chi connectivity index (χ1) is 5.70. The first-order valence-electron chi connectivity index (χ1n) is 4.29. The summed E-state index contributed by atoms with van der Waals surface area (Å²) in [7, 11) is 0. The van der Waals surface area contributed by atoms with Gasteiger partial charge >= 0.3 is 6.03 Å². The topological polar surface area (TPSA) is 44.7 Å². The van der Waals surface area contributed by atoms with Crippen LogP contribution >= 0.6 is 0 Å². The molecule has 0 aromatic rings. The van der Waals surface area contributed by atoms with E-state index in [-0.39, 0.29) is 6.03 Å². The molecule has 4 heteroatoms. The van der Waals surface area contributed by atoms with Crippen molar-refractivity contribution in [3.05, 3.63) is 0 Å². The molecule has 1 aliphatic heterocycles. The van der Waals surface area contributed by atoms with E-state index in [1.165, 1.54) is 5.01 Å². The Bertz CT molecular complexity index is 189. The SMILES string of the molecule is CC(C)/C=N/N1CCCNC1=O. The minimum Gasteiger partial charge on any atom is -0.336 e. The lowest BCUT2D eigenvalue weighted by Gasteiger charge is -2.22.